The lowest BCUT2D eigenvalue weighted by atomic mass is 9.95. The predicted octanol–water partition coefficient (Wildman–Crippen LogP) is 6.36. The molecule has 2 aromatic carbocycles. The van der Waals surface area contributed by atoms with E-state index in [0.717, 1.165) is 34.2 Å². The van der Waals surface area contributed by atoms with Crippen molar-refractivity contribution in [3.8, 4) is 5.75 Å². The van der Waals surface area contributed by atoms with E-state index in [1.807, 2.05) is 55.5 Å². The minimum Gasteiger partial charge on any atom is -0.493 e. The van der Waals surface area contributed by atoms with Gasteiger partial charge < -0.3 is 14.8 Å². The van der Waals surface area contributed by atoms with Gasteiger partial charge in [0, 0.05) is 21.5 Å². The summed E-state index contributed by atoms with van der Waals surface area (Å²) in [5.41, 5.74) is 2.90. The second-order valence-corrected chi connectivity index (χ2v) is 10.1. The highest BCUT2D eigenvalue weighted by atomic mass is 79.9. The number of anilines is 1. The van der Waals surface area contributed by atoms with E-state index in [4.69, 9.17) is 14.6 Å². The highest BCUT2D eigenvalue weighted by Crippen LogP contribution is 2.41. The number of halogens is 1. The first-order valence-corrected chi connectivity index (χ1v) is 13.5. The fraction of sp³-hybridized carbons (Fsp3) is 0.346. The molecule has 0 aliphatic carbocycles. The molecular formula is C26H29BrN4O3S. The Bertz CT molecular complexity index is 1210. The normalized spacial score (nSPS) is 14.9. The summed E-state index contributed by atoms with van der Waals surface area (Å²) in [5, 5.41) is 8.70. The lowest BCUT2D eigenvalue weighted by Crippen LogP contribution is -2.30. The van der Waals surface area contributed by atoms with Crippen molar-refractivity contribution in [2.45, 2.75) is 51.4 Å². The fourth-order valence-electron chi connectivity index (χ4n) is 3.82. The van der Waals surface area contributed by atoms with E-state index in [1.54, 1.807) is 16.4 Å². The largest absolute Gasteiger partial charge is 0.493 e. The maximum atomic E-state index is 13.5. The van der Waals surface area contributed by atoms with E-state index >= 15 is 0 Å². The Morgan fingerprint density at radius 3 is 2.71 bits per heavy atom. The number of nitrogens with one attached hydrogen (secondary N) is 1. The monoisotopic (exact) mass is 556 g/mol. The highest BCUT2D eigenvalue weighted by Gasteiger charge is 2.37. The van der Waals surface area contributed by atoms with Crippen LogP contribution in [0.1, 0.15) is 50.8 Å². The molecule has 1 N–H and O–H groups in total. The summed E-state index contributed by atoms with van der Waals surface area (Å²) in [6.45, 7) is 6.80. The van der Waals surface area contributed by atoms with Gasteiger partial charge in [-0.05, 0) is 43.5 Å². The molecule has 4 rings (SSSR count). The summed E-state index contributed by atoms with van der Waals surface area (Å²) in [5.74, 6) is 1.79. The molecule has 0 saturated heterocycles. The zero-order valence-electron chi connectivity index (χ0n) is 20.1. The molecule has 7 nitrogen and oxygen atoms in total. The zero-order chi connectivity index (χ0) is 24.8. The first-order chi connectivity index (χ1) is 17.0. The molecule has 1 unspecified atom stereocenters. The van der Waals surface area contributed by atoms with Gasteiger partial charge in [-0.3, -0.25) is 0 Å². The van der Waals surface area contributed by atoms with Crippen molar-refractivity contribution < 1.29 is 14.3 Å². The SMILES string of the molecule is CCCOc1ccc(Br)cc1C1C(C(=O)OCc2ccccc2)=C(C)Nc2nc(SCCC)nn21. The second kappa shape index (κ2) is 11.8. The molecule has 0 amide bonds. The van der Waals surface area contributed by atoms with Crippen molar-refractivity contribution >= 4 is 39.6 Å². The summed E-state index contributed by atoms with van der Waals surface area (Å²) in [4.78, 5) is 18.2. The second-order valence-electron chi connectivity index (χ2n) is 8.17. The van der Waals surface area contributed by atoms with Crippen LogP contribution in [0.5, 0.6) is 5.75 Å². The standard InChI is InChI=1S/C26H29BrN4O3S/c1-4-13-33-21-12-11-19(27)15-20(21)23-22(24(32)34-16-18-9-7-6-8-10-18)17(3)28-25-29-26(30-31(23)25)35-14-5-2/h6-12,15,23H,4-5,13-14,16H2,1-3H3,(H,28,29,30). The summed E-state index contributed by atoms with van der Waals surface area (Å²) in [6.07, 6.45) is 1.88. The molecule has 1 aliphatic heterocycles. The molecule has 35 heavy (non-hydrogen) atoms. The molecule has 0 saturated carbocycles. The van der Waals surface area contributed by atoms with Gasteiger partial charge in [-0.1, -0.05) is 71.9 Å². The fourth-order valence-corrected chi connectivity index (χ4v) is 4.88. The number of carbonyl (C=O) groups excluding carboxylic acids is 1. The van der Waals surface area contributed by atoms with Crippen LogP contribution in [0.3, 0.4) is 0 Å². The van der Waals surface area contributed by atoms with Gasteiger partial charge >= 0.3 is 5.97 Å². The Kier molecular flexibility index (Phi) is 8.51. The predicted molar refractivity (Wildman–Crippen MR) is 142 cm³/mol. The van der Waals surface area contributed by atoms with Gasteiger partial charge in [0.15, 0.2) is 0 Å². The quantitative estimate of drug-likeness (QED) is 0.230. The molecule has 1 atom stereocenters. The van der Waals surface area contributed by atoms with Gasteiger partial charge in [-0.15, -0.1) is 5.10 Å². The van der Waals surface area contributed by atoms with Crippen LogP contribution in [-0.2, 0) is 16.1 Å². The summed E-state index contributed by atoms with van der Waals surface area (Å²) < 4.78 is 14.5. The molecule has 3 aromatic rings. The molecule has 9 heteroatoms. The number of fused-ring (bicyclic) bond motifs is 1. The molecular weight excluding hydrogens is 528 g/mol. The Labute approximate surface area is 218 Å². The van der Waals surface area contributed by atoms with Crippen molar-refractivity contribution in [1.82, 2.24) is 14.8 Å². The molecule has 1 aromatic heterocycles. The van der Waals surface area contributed by atoms with E-state index in [1.165, 1.54) is 0 Å². The first-order valence-electron chi connectivity index (χ1n) is 11.7. The lowest BCUT2D eigenvalue weighted by Gasteiger charge is -2.29. The van der Waals surface area contributed by atoms with E-state index in [9.17, 15) is 4.79 Å². The summed E-state index contributed by atoms with van der Waals surface area (Å²) in [7, 11) is 0. The molecule has 0 spiro atoms. The lowest BCUT2D eigenvalue weighted by molar-refractivity contribution is -0.140. The maximum Gasteiger partial charge on any atom is 0.338 e. The van der Waals surface area contributed by atoms with Crippen LogP contribution < -0.4 is 10.1 Å². The number of esters is 1. The smallest absolute Gasteiger partial charge is 0.338 e. The molecule has 0 fully saturated rings. The molecule has 0 radical (unpaired) electrons. The number of carbonyl (C=O) groups is 1. The number of benzene rings is 2. The van der Waals surface area contributed by atoms with Crippen LogP contribution >= 0.6 is 27.7 Å². The Hall–Kier alpha value is -2.78. The Morgan fingerprint density at radius 1 is 1.17 bits per heavy atom. The summed E-state index contributed by atoms with van der Waals surface area (Å²) in [6, 6.07) is 14.9. The number of nitrogens with zero attached hydrogens (tertiary/aromatic N) is 3. The van der Waals surface area contributed by atoms with Crippen LogP contribution in [-0.4, -0.2) is 33.1 Å². The van der Waals surface area contributed by atoms with Crippen molar-refractivity contribution in [3.05, 3.63) is 75.4 Å². The van der Waals surface area contributed by atoms with Crippen molar-refractivity contribution in [2.24, 2.45) is 0 Å². The highest BCUT2D eigenvalue weighted by molar-refractivity contribution is 9.10. The van der Waals surface area contributed by atoms with E-state index in [-0.39, 0.29) is 6.61 Å². The van der Waals surface area contributed by atoms with Gasteiger partial charge in [-0.2, -0.15) is 4.98 Å². The molecule has 1 aliphatic rings. The zero-order valence-corrected chi connectivity index (χ0v) is 22.5. The number of thioether (sulfide) groups is 1. The van der Waals surface area contributed by atoms with Crippen LogP contribution in [0.2, 0.25) is 0 Å². The van der Waals surface area contributed by atoms with E-state index < -0.39 is 12.0 Å². The third-order valence-corrected chi connectivity index (χ3v) is 6.97. The minimum atomic E-state index is -0.553. The number of ether oxygens (including phenoxy) is 2. The third kappa shape index (κ3) is 5.90. The minimum absolute atomic E-state index is 0.183. The molecule has 0 bridgehead atoms. The first kappa shape index (κ1) is 25.3. The third-order valence-electron chi connectivity index (χ3n) is 5.43. The van der Waals surface area contributed by atoms with Crippen LogP contribution in [0, 0.1) is 0 Å². The average molecular weight is 558 g/mol. The Balaban J connectivity index is 1.76. The molecule has 184 valence electrons. The van der Waals surface area contributed by atoms with Crippen LogP contribution in [0.4, 0.5) is 5.95 Å². The number of allylic oxidation sites excluding steroid dienone is 1. The molecule has 2 heterocycles. The van der Waals surface area contributed by atoms with Gasteiger partial charge in [0.25, 0.3) is 0 Å². The number of aromatic nitrogens is 3. The Morgan fingerprint density at radius 2 is 1.97 bits per heavy atom. The van der Waals surface area contributed by atoms with Crippen LogP contribution in [0.15, 0.2) is 69.4 Å². The average Bonchev–Trinajstić information content (AvgIpc) is 3.27. The number of rotatable bonds is 10. The van der Waals surface area contributed by atoms with Crippen LogP contribution in [0.25, 0.3) is 0 Å². The maximum absolute atomic E-state index is 13.5. The van der Waals surface area contributed by atoms with Gasteiger partial charge in [-0.25, -0.2) is 9.48 Å². The van der Waals surface area contributed by atoms with Crippen molar-refractivity contribution in [1.29, 1.82) is 0 Å². The van der Waals surface area contributed by atoms with Gasteiger partial charge in [0.2, 0.25) is 11.1 Å². The number of hydrogen-bond acceptors (Lipinski definition) is 7. The topological polar surface area (TPSA) is 78.3 Å². The number of hydrogen-bond donors (Lipinski definition) is 1. The summed E-state index contributed by atoms with van der Waals surface area (Å²) >= 11 is 5.18. The van der Waals surface area contributed by atoms with Gasteiger partial charge in [0.1, 0.15) is 18.4 Å². The van der Waals surface area contributed by atoms with E-state index in [0.29, 0.717) is 34.7 Å². The van der Waals surface area contributed by atoms with Gasteiger partial charge in [0.05, 0.1) is 12.2 Å². The van der Waals surface area contributed by atoms with Crippen molar-refractivity contribution in [2.75, 3.05) is 17.7 Å². The van der Waals surface area contributed by atoms with E-state index in [2.05, 4.69) is 40.1 Å². The van der Waals surface area contributed by atoms with Crippen molar-refractivity contribution in [3.63, 3.8) is 0 Å².